The Kier molecular flexibility index (Phi) is 6.44. The van der Waals surface area contributed by atoms with Crippen molar-refractivity contribution in [3.05, 3.63) is 52.7 Å². The van der Waals surface area contributed by atoms with Crippen LogP contribution in [0.15, 0.2) is 36.5 Å². The number of rotatable bonds is 4. The number of carbonyl (C=O) groups excluding carboxylic acids is 1. The molecule has 2 fully saturated rings. The van der Waals surface area contributed by atoms with Gasteiger partial charge in [-0.25, -0.2) is 4.98 Å². The summed E-state index contributed by atoms with van der Waals surface area (Å²) in [6.07, 6.45) is 3.94. The summed E-state index contributed by atoms with van der Waals surface area (Å²) in [5, 5.41) is 0.679. The van der Waals surface area contributed by atoms with E-state index < -0.39 is 0 Å². The maximum absolute atomic E-state index is 13.3. The van der Waals surface area contributed by atoms with Crippen LogP contribution in [0.1, 0.15) is 34.7 Å². The van der Waals surface area contributed by atoms with Crippen LogP contribution in [0.4, 0.5) is 11.5 Å². The van der Waals surface area contributed by atoms with Gasteiger partial charge in [-0.1, -0.05) is 11.6 Å². The molecular formula is C23H29ClN4O2. The monoisotopic (exact) mass is 428 g/mol. The predicted molar refractivity (Wildman–Crippen MR) is 121 cm³/mol. The molecule has 0 radical (unpaired) electrons. The van der Waals surface area contributed by atoms with Crippen LogP contribution in [0.25, 0.3) is 0 Å². The number of piperidine rings is 1. The van der Waals surface area contributed by atoms with Gasteiger partial charge in [0.2, 0.25) is 0 Å². The molecule has 0 saturated carbocycles. The minimum Gasteiger partial charge on any atom is -0.378 e. The Labute approximate surface area is 183 Å². The van der Waals surface area contributed by atoms with Crippen LogP contribution in [0.5, 0.6) is 0 Å². The van der Waals surface area contributed by atoms with E-state index in [0.717, 1.165) is 50.5 Å². The number of anilines is 2. The summed E-state index contributed by atoms with van der Waals surface area (Å²) >= 11 is 6.45. The molecule has 0 spiro atoms. The molecule has 0 aliphatic carbocycles. The highest BCUT2D eigenvalue weighted by Crippen LogP contribution is 2.31. The second-order valence-electron chi connectivity index (χ2n) is 8.20. The van der Waals surface area contributed by atoms with Gasteiger partial charge >= 0.3 is 0 Å². The fraction of sp³-hybridized carbons (Fsp3) is 0.478. The van der Waals surface area contributed by atoms with Crippen LogP contribution >= 0.6 is 11.6 Å². The zero-order chi connectivity index (χ0) is 21.1. The second-order valence-corrected chi connectivity index (χ2v) is 8.60. The van der Waals surface area contributed by atoms with Crippen LogP contribution < -0.4 is 9.80 Å². The minimum atomic E-state index is 0.0766. The lowest BCUT2D eigenvalue weighted by Crippen LogP contribution is -2.39. The molecule has 1 unspecified atom stereocenters. The first-order valence-electron chi connectivity index (χ1n) is 10.6. The Morgan fingerprint density at radius 1 is 1.17 bits per heavy atom. The maximum atomic E-state index is 13.3. The van der Waals surface area contributed by atoms with Crippen LogP contribution in [-0.2, 0) is 4.74 Å². The standard InChI is InChI=1S/C23H29ClN4O2/c1-26(2)22-15-17(7-8-25-22)19-4-3-9-28(16-19)23(29)18-5-6-20(24)21(14-18)27-10-12-30-13-11-27/h5-8,14-15,19H,3-4,9-13,16H2,1-2H3. The second kappa shape index (κ2) is 9.23. The molecule has 2 aromatic rings. The van der Waals surface area contributed by atoms with Gasteiger partial charge in [0.25, 0.3) is 5.91 Å². The third kappa shape index (κ3) is 4.55. The summed E-state index contributed by atoms with van der Waals surface area (Å²) in [6.45, 7) is 4.47. The molecule has 4 rings (SSSR count). The SMILES string of the molecule is CN(C)c1cc(C2CCCN(C(=O)c3ccc(Cl)c(N4CCOCC4)c3)C2)ccn1. The number of hydrogen-bond acceptors (Lipinski definition) is 5. The van der Waals surface area contributed by atoms with Crippen molar-refractivity contribution in [1.82, 2.24) is 9.88 Å². The van der Waals surface area contributed by atoms with E-state index in [2.05, 4.69) is 22.0 Å². The molecule has 160 valence electrons. The van der Waals surface area contributed by atoms with E-state index in [9.17, 15) is 4.79 Å². The van der Waals surface area contributed by atoms with Gasteiger partial charge in [0.05, 0.1) is 23.9 Å². The van der Waals surface area contributed by atoms with E-state index in [1.807, 2.05) is 48.3 Å². The molecule has 6 nitrogen and oxygen atoms in total. The van der Waals surface area contributed by atoms with Gasteiger partial charge in [-0.15, -0.1) is 0 Å². The smallest absolute Gasteiger partial charge is 0.253 e. The molecular weight excluding hydrogens is 400 g/mol. The topological polar surface area (TPSA) is 48.9 Å². The Morgan fingerprint density at radius 3 is 2.73 bits per heavy atom. The highest BCUT2D eigenvalue weighted by Gasteiger charge is 2.27. The summed E-state index contributed by atoms with van der Waals surface area (Å²) in [6, 6.07) is 9.83. The zero-order valence-corrected chi connectivity index (χ0v) is 18.4. The number of morpholine rings is 1. The number of halogens is 1. The number of pyridine rings is 1. The average Bonchev–Trinajstić information content (AvgIpc) is 2.79. The van der Waals surface area contributed by atoms with Crippen molar-refractivity contribution in [3.63, 3.8) is 0 Å². The Hall–Kier alpha value is -2.31. The van der Waals surface area contributed by atoms with E-state index in [-0.39, 0.29) is 5.91 Å². The van der Waals surface area contributed by atoms with Gasteiger partial charge in [-0.3, -0.25) is 4.79 Å². The molecule has 3 heterocycles. The zero-order valence-electron chi connectivity index (χ0n) is 17.7. The molecule has 1 aromatic heterocycles. The minimum absolute atomic E-state index is 0.0766. The molecule has 7 heteroatoms. The molecule has 2 aliphatic heterocycles. The number of benzene rings is 1. The fourth-order valence-electron chi connectivity index (χ4n) is 4.24. The normalized spacial score (nSPS) is 19.6. The molecule has 1 aromatic carbocycles. The predicted octanol–water partition coefficient (Wildman–Crippen LogP) is 3.66. The Morgan fingerprint density at radius 2 is 1.97 bits per heavy atom. The van der Waals surface area contributed by atoms with E-state index in [0.29, 0.717) is 29.7 Å². The lowest BCUT2D eigenvalue weighted by Gasteiger charge is -2.34. The molecule has 2 aliphatic rings. The Balaban J connectivity index is 1.51. The number of likely N-dealkylation sites (tertiary alicyclic amines) is 1. The van der Waals surface area contributed by atoms with E-state index in [4.69, 9.17) is 16.3 Å². The molecule has 2 saturated heterocycles. The van der Waals surface area contributed by atoms with Gasteiger partial charge in [0.15, 0.2) is 0 Å². The van der Waals surface area contributed by atoms with Gasteiger partial charge in [0, 0.05) is 58.0 Å². The summed E-state index contributed by atoms with van der Waals surface area (Å²) in [5.41, 5.74) is 2.87. The van der Waals surface area contributed by atoms with Gasteiger partial charge in [-0.05, 0) is 48.7 Å². The van der Waals surface area contributed by atoms with Crippen molar-refractivity contribution in [2.75, 3.05) is 63.3 Å². The average molecular weight is 429 g/mol. The fourth-order valence-corrected chi connectivity index (χ4v) is 4.48. The Bertz CT molecular complexity index is 899. The van der Waals surface area contributed by atoms with Crippen LogP contribution in [0, 0.1) is 0 Å². The van der Waals surface area contributed by atoms with Crippen molar-refractivity contribution >= 4 is 29.0 Å². The van der Waals surface area contributed by atoms with E-state index >= 15 is 0 Å². The van der Waals surface area contributed by atoms with Crippen molar-refractivity contribution in [1.29, 1.82) is 0 Å². The lowest BCUT2D eigenvalue weighted by atomic mass is 9.90. The number of nitrogens with zero attached hydrogens (tertiary/aromatic N) is 4. The van der Waals surface area contributed by atoms with Gasteiger partial charge in [-0.2, -0.15) is 0 Å². The quantitative estimate of drug-likeness (QED) is 0.743. The number of carbonyl (C=O) groups is 1. The van der Waals surface area contributed by atoms with E-state index in [1.165, 1.54) is 5.56 Å². The van der Waals surface area contributed by atoms with Gasteiger partial charge < -0.3 is 19.4 Å². The molecule has 1 amide bonds. The van der Waals surface area contributed by atoms with Crippen molar-refractivity contribution in [3.8, 4) is 0 Å². The molecule has 30 heavy (non-hydrogen) atoms. The number of ether oxygens (including phenoxy) is 1. The van der Waals surface area contributed by atoms with Crippen molar-refractivity contribution in [2.45, 2.75) is 18.8 Å². The van der Waals surface area contributed by atoms with Crippen LogP contribution in [0.3, 0.4) is 0 Å². The van der Waals surface area contributed by atoms with Crippen molar-refractivity contribution < 1.29 is 9.53 Å². The summed E-state index contributed by atoms with van der Waals surface area (Å²) in [4.78, 5) is 23.9. The largest absolute Gasteiger partial charge is 0.378 e. The van der Waals surface area contributed by atoms with Crippen LogP contribution in [0.2, 0.25) is 5.02 Å². The summed E-state index contributed by atoms with van der Waals surface area (Å²) < 4.78 is 5.44. The third-order valence-electron chi connectivity index (χ3n) is 5.95. The summed E-state index contributed by atoms with van der Waals surface area (Å²) in [5.74, 6) is 1.35. The van der Waals surface area contributed by atoms with Crippen molar-refractivity contribution in [2.24, 2.45) is 0 Å². The summed E-state index contributed by atoms with van der Waals surface area (Å²) in [7, 11) is 3.99. The maximum Gasteiger partial charge on any atom is 0.253 e. The first-order chi connectivity index (χ1) is 14.5. The first-order valence-corrected chi connectivity index (χ1v) is 11.0. The number of hydrogen-bond donors (Lipinski definition) is 0. The highest BCUT2D eigenvalue weighted by atomic mass is 35.5. The number of amides is 1. The van der Waals surface area contributed by atoms with Crippen LogP contribution in [-0.4, -0.2) is 69.3 Å². The first kappa shape index (κ1) is 20.9. The highest BCUT2D eigenvalue weighted by molar-refractivity contribution is 6.33. The molecule has 1 atom stereocenters. The van der Waals surface area contributed by atoms with E-state index in [1.54, 1.807) is 0 Å². The molecule has 0 bridgehead atoms. The molecule has 0 N–H and O–H groups in total. The lowest BCUT2D eigenvalue weighted by molar-refractivity contribution is 0.0707. The third-order valence-corrected chi connectivity index (χ3v) is 6.27. The number of aromatic nitrogens is 1. The van der Waals surface area contributed by atoms with Gasteiger partial charge in [0.1, 0.15) is 5.82 Å².